The number of nitro groups is 1. The van der Waals surface area contributed by atoms with E-state index in [-0.39, 0.29) is 24.7 Å². The molecule has 1 atom stereocenters. The molecule has 1 N–H and O–H groups in total. The minimum atomic E-state index is -0.801. The average molecular weight is 255 g/mol. The standard InChI is InChI=1S/C12H17NO5/c1-3-17-7-10(14)8-18-12-6-9(2)4-5-11(12)13(15)16/h4-6,10,14H,3,7-8H2,1-2H3/t10-/m0/s1. The van der Waals surface area contributed by atoms with E-state index < -0.39 is 11.0 Å². The van der Waals surface area contributed by atoms with Crippen LogP contribution >= 0.6 is 0 Å². The zero-order valence-corrected chi connectivity index (χ0v) is 10.5. The molecular formula is C12H17NO5. The van der Waals surface area contributed by atoms with Crippen LogP contribution in [0.4, 0.5) is 5.69 Å². The second kappa shape index (κ2) is 6.93. The van der Waals surface area contributed by atoms with Crippen molar-refractivity contribution in [3.8, 4) is 5.75 Å². The first-order chi connectivity index (χ1) is 8.54. The van der Waals surface area contributed by atoms with Crippen LogP contribution in [0.5, 0.6) is 5.75 Å². The molecule has 0 spiro atoms. The van der Waals surface area contributed by atoms with Crippen molar-refractivity contribution in [2.45, 2.75) is 20.0 Å². The number of nitro benzene ring substituents is 1. The van der Waals surface area contributed by atoms with Crippen molar-refractivity contribution in [1.29, 1.82) is 0 Å². The molecule has 0 fully saturated rings. The maximum absolute atomic E-state index is 10.8. The summed E-state index contributed by atoms with van der Waals surface area (Å²) in [5.41, 5.74) is 0.749. The topological polar surface area (TPSA) is 81.8 Å². The van der Waals surface area contributed by atoms with Gasteiger partial charge in [-0.25, -0.2) is 0 Å². The number of aryl methyl sites for hydroxylation is 1. The highest BCUT2D eigenvalue weighted by Crippen LogP contribution is 2.27. The van der Waals surface area contributed by atoms with E-state index >= 15 is 0 Å². The molecule has 6 nitrogen and oxygen atoms in total. The maximum Gasteiger partial charge on any atom is 0.310 e. The third kappa shape index (κ3) is 4.31. The Morgan fingerprint density at radius 3 is 2.78 bits per heavy atom. The fraction of sp³-hybridized carbons (Fsp3) is 0.500. The molecular weight excluding hydrogens is 238 g/mol. The molecule has 1 aromatic rings. The quantitative estimate of drug-likeness (QED) is 0.592. The van der Waals surface area contributed by atoms with Gasteiger partial charge in [-0.1, -0.05) is 6.07 Å². The predicted molar refractivity (Wildman–Crippen MR) is 65.8 cm³/mol. The third-order valence-corrected chi connectivity index (χ3v) is 2.26. The van der Waals surface area contributed by atoms with Crippen LogP contribution in [0.3, 0.4) is 0 Å². The number of benzene rings is 1. The van der Waals surface area contributed by atoms with Crippen LogP contribution in [-0.4, -0.2) is 36.0 Å². The summed E-state index contributed by atoms with van der Waals surface area (Å²) in [6.07, 6.45) is -0.801. The molecule has 0 bridgehead atoms. The van der Waals surface area contributed by atoms with Gasteiger partial charge in [0.2, 0.25) is 0 Å². The molecule has 0 amide bonds. The number of aliphatic hydroxyl groups excluding tert-OH is 1. The van der Waals surface area contributed by atoms with Crippen molar-refractivity contribution in [3.63, 3.8) is 0 Å². The first kappa shape index (κ1) is 14.4. The molecule has 0 unspecified atom stereocenters. The van der Waals surface area contributed by atoms with Crippen molar-refractivity contribution in [2.24, 2.45) is 0 Å². The number of ether oxygens (including phenoxy) is 2. The summed E-state index contributed by atoms with van der Waals surface area (Å²) >= 11 is 0. The minimum absolute atomic E-state index is 0.0374. The monoisotopic (exact) mass is 255 g/mol. The van der Waals surface area contributed by atoms with Gasteiger partial charge in [0.05, 0.1) is 11.5 Å². The smallest absolute Gasteiger partial charge is 0.310 e. The van der Waals surface area contributed by atoms with E-state index in [0.717, 1.165) is 5.56 Å². The van der Waals surface area contributed by atoms with Gasteiger partial charge in [0.1, 0.15) is 12.7 Å². The molecule has 18 heavy (non-hydrogen) atoms. The average Bonchev–Trinajstić information content (AvgIpc) is 2.33. The summed E-state index contributed by atoms with van der Waals surface area (Å²) in [6.45, 7) is 4.24. The van der Waals surface area contributed by atoms with E-state index in [0.29, 0.717) is 6.61 Å². The van der Waals surface area contributed by atoms with Gasteiger partial charge in [0, 0.05) is 12.7 Å². The molecule has 1 rings (SSSR count). The van der Waals surface area contributed by atoms with E-state index in [2.05, 4.69) is 0 Å². The Hall–Kier alpha value is -1.66. The molecule has 1 aromatic carbocycles. The zero-order chi connectivity index (χ0) is 13.5. The number of nitrogens with zero attached hydrogens (tertiary/aromatic N) is 1. The van der Waals surface area contributed by atoms with Gasteiger partial charge in [-0.15, -0.1) is 0 Å². The second-order valence-corrected chi connectivity index (χ2v) is 3.85. The summed E-state index contributed by atoms with van der Waals surface area (Å²) in [7, 11) is 0. The van der Waals surface area contributed by atoms with Crippen molar-refractivity contribution in [3.05, 3.63) is 33.9 Å². The molecule has 0 aliphatic heterocycles. The summed E-state index contributed by atoms with van der Waals surface area (Å²) in [5, 5.41) is 20.3. The van der Waals surface area contributed by atoms with Crippen molar-refractivity contribution >= 4 is 5.69 Å². The Morgan fingerprint density at radius 2 is 2.17 bits per heavy atom. The first-order valence-electron chi connectivity index (χ1n) is 5.68. The molecule has 6 heteroatoms. The highest BCUT2D eigenvalue weighted by atomic mass is 16.6. The zero-order valence-electron chi connectivity index (χ0n) is 10.5. The van der Waals surface area contributed by atoms with Gasteiger partial charge in [0.15, 0.2) is 5.75 Å². The Labute approximate surface area is 105 Å². The van der Waals surface area contributed by atoms with Gasteiger partial charge >= 0.3 is 5.69 Å². The lowest BCUT2D eigenvalue weighted by Crippen LogP contribution is -2.23. The van der Waals surface area contributed by atoms with E-state index in [9.17, 15) is 15.2 Å². The van der Waals surface area contributed by atoms with Gasteiger partial charge in [0.25, 0.3) is 0 Å². The molecule has 0 aliphatic rings. The Morgan fingerprint density at radius 1 is 1.44 bits per heavy atom. The van der Waals surface area contributed by atoms with Crippen molar-refractivity contribution in [1.82, 2.24) is 0 Å². The number of hydrogen-bond donors (Lipinski definition) is 1. The highest BCUT2D eigenvalue weighted by molar-refractivity contribution is 5.48. The van der Waals surface area contributed by atoms with Crippen LogP contribution < -0.4 is 4.74 Å². The summed E-state index contributed by atoms with van der Waals surface area (Å²) in [6, 6.07) is 4.60. The van der Waals surface area contributed by atoms with Crippen LogP contribution in [0.25, 0.3) is 0 Å². The Kier molecular flexibility index (Phi) is 5.54. The largest absolute Gasteiger partial charge is 0.484 e. The van der Waals surface area contributed by atoms with Gasteiger partial charge in [-0.2, -0.15) is 0 Å². The lowest BCUT2D eigenvalue weighted by atomic mass is 10.2. The fourth-order valence-corrected chi connectivity index (χ4v) is 1.38. The van der Waals surface area contributed by atoms with Crippen LogP contribution in [0.2, 0.25) is 0 Å². The SMILES string of the molecule is CCOC[C@H](O)COc1cc(C)ccc1[N+](=O)[O-]. The van der Waals surface area contributed by atoms with E-state index in [4.69, 9.17) is 9.47 Å². The van der Waals surface area contributed by atoms with Crippen LogP contribution in [0.1, 0.15) is 12.5 Å². The maximum atomic E-state index is 10.8. The van der Waals surface area contributed by atoms with Crippen LogP contribution in [0.15, 0.2) is 18.2 Å². The van der Waals surface area contributed by atoms with E-state index in [1.807, 2.05) is 13.8 Å². The lowest BCUT2D eigenvalue weighted by molar-refractivity contribution is -0.385. The molecule has 0 radical (unpaired) electrons. The Bertz CT molecular complexity index is 407. The second-order valence-electron chi connectivity index (χ2n) is 3.85. The Balaban J connectivity index is 2.65. The van der Waals surface area contributed by atoms with Gasteiger partial charge in [-0.05, 0) is 25.5 Å². The van der Waals surface area contributed by atoms with Gasteiger partial charge in [-0.3, -0.25) is 10.1 Å². The third-order valence-electron chi connectivity index (χ3n) is 2.26. The first-order valence-corrected chi connectivity index (χ1v) is 5.68. The molecule has 0 saturated heterocycles. The molecule has 0 heterocycles. The minimum Gasteiger partial charge on any atom is -0.484 e. The highest BCUT2D eigenvalue weighted by Gasteiger charge is 2.16. The lowest BCUT2D eigenvalue weighted by Gasteiger charge is -2.12. The molecule has 100 valence electrons. The van der Waals surface area contributed by atoms with Crippen molar-refractivity contribution < 1.29 is 19.5 Å². The normalized spacial score (nSPS) is 12.2. The molecule has 0 saturated carbocycles. The van der Waals surface area contributed by atoms with E-state index in [1.165, 1.54) is 6.07 Å². The summed E-state index contributed by atoms with van der Waals surface area (Å²) < 4.78 is 10.3. The van der Waals surface area contributed by atoms with Gasteiger partial charge < -0.3 is 14.6 Å². The predicted octanol–water partition coefficient (Wildman–Crippen LogP) is 1.68. The summed E-state index contributed by atoms with van der Waals surface area (Å²) in [4.78, 5) is 10.3. The molecule has 0 aromatic heterocycles. The van der Waals surface area contributed by atoms with Crippen LogP contribution in [0, 0.1) is 17.0 Å². The van der Waals surface area contributed by atoms with E-state index in [1.54, 1.807) is 12.1 Å². The number of rotatable bonds is 7. The number of hydrogen-bond acceptors (Lipinski definition) is 5. The van der Waals surface area contributed by atoms with Crippen molar-refractivity contribution in [2.75, 3.05) is 19.8 Å². The van der Waals surface area contributed by atoms with Crippen LogP contribution in [-0.2, 0) is 4.74 Å². The fourth-order valence-electron chi connectivity index (χ4n) is 1.38. The summed E-state index contributed by atoms with van der Waals surface area (Å²) in [5.74, 6) is 0.163. The number of aliphatic hydroxyl groups is 1. The molecule has 0 aliphatic carbocycles.